The van der Waals surface area contributed by atoms with Gasteiger partial charge in [0.2, 0.25) is 0 Å². The lowest BCUT2D eigenvalue weighted by Crippen LogP contribution is -2.21. The van der Waals surface area contributed by atoms with Crippen LogP contribution >= 0.6 is 11.6 Å². The highest BCUT2D eigenvalue weighted by atomic mass is 35.5. The standard InChI is InChI=1S/C16H18ClN3O5S/c1-10-13(8-18-20(10)11-4-5-23-9-11)19-26(21,22)16-12(17)2-3-14-15(16)25-7-6-24-14/h2-3,8,11,19H,4-7,9H2,1H3. The number of halogens is 1. The average Bonchev–Trinajstić information content (AvgIpc) is 3.25. The molecular weight excluding hydrogens is 382 g/mol. The summed E-state index contributed by atoms with van der Waals surface area (Å²) in [4.78, 5) is -0.132. The Morgan fingerprint density at radius 1 is 1.27 bits per heavy atom. The summed E-state index contributed by atoms with van der Waals surface area (Å²) < 4.78 is 46.7. The lowest BCUT2D eigenvalue weighted by Gasteiger charge is -2.22. The van der Waals surface area contributed by atoms with Crippen molar-refractivity contribution in [3.8, 4) is 11.5 Å². The first-order valence-corrected chi connectivity index (χ1v) is 10.1. The van der Waals surface area contributed by atoms with Crippen LogP contribution in [-0.4, -0.2) is 44.6 Å². The molecule has 1 saturated heterocycles. The minimum Gasteiger partial charge on any atom is -0.486 e. The van der Waals surface area contributed by atoms with Crippen molar-refractivity contribution in [3.63, 3.8) is 0 Å². The van der Waals surface area contributed by atoms with E-state index in [2.05, 4.69) is 9.82 Å². The first kappa shape index (κ1) is 17.4. The van der Waals surface area contributed by atoms with E-state index < -0.39 is 10.0 Å². The minimum absolute atomic E-state index is 0.0657. The van der Waals surface area contributed by atoms with E-state index in [4.69, 9.17) is 25.8 Å². The predicted octanol–water partition coefficient (Wildman–Crippen LogP) is 2.38. The van der Waals surface area contributed by atoms with E-state index in [-0.39, 0.29) is 28.3 Å². The van der Waals surface area contributed by atoms with Crippen LogP contribution in [0.5, 0.6) is 11.5 Å². The minimum atomic E-state index is -3.99. The van der Waals surface area contributed by atoms with Crippen LogP contribution in [0.4, 0.5) is 5.69 Å². The molecule has 0 amide bonds. The van der Waals surface area contributed by atoms with Gasteiger partial charge in [0.1, 0.15) is 13.2 Å². The van der Waals surface area contributed by atoms with E-state index in [1.165, 1.54) is 12.3 Å². The fraction of sp³-hybridized carbons (Fsp3) is 0.438. The van der Waals surface area contributed by atoms with E-state index >= 15 is 0 Å². The SMILES string of the molecule is Cc1c(NS(=O)(=O)c2c(Cl)ccc3c2OCCO3)cnn1C1CCOC1. The van der Waals surface area contributed by atoms with Crippen LogP contribution in [0.3, 0.4) is 0 Å². The molecule has 10 heteroatoms. The van der Waals surface area contributed by atoms with Crippen molar-refractivity contribution < 1.29 is 22.6 Å². The molecule has 0 aliphatic carbocycles. The largest absolute Gasteiger partial charge is 0.486 e. The lowest BCUT2D eigenvalue weighted by molar-refractivity contribution is 0.167. The van der Waals surface area contributed by atoms with Crippen molar-refractivity contribution in [2.24, 2.45) is 0 Å². The maximum atomic E-state index is 13.0. The second kappa shape index (κ2) is 6.64. The number of benzene rings is 1. The Morgan fingerprint density at radius 2 is 2.08 bits per heavy atom. The molecule has 0 radical (unpaired) electrons. The Labute approximate surface area is 156 Å². The number of anilines is 1. The molecule has 0 spiro atoms. The molecule has 1 atom stereocenters. The Kier molecular flexibility index (Phi) is 4.45. The fourth-order valence-corrected chi connectivity index (χ4v) is 4.89. The summed E-state index contributed by atoms with van der Waals surface area (Å²) in [5.74, 6) is 0.488. The highest BCUT2D eigenvalue weighted by molar-refractivity contribution is 7.93. The summed E-state index contributed by atoms with van der Waals surface area (Å²) in [6.07, 6.45) is 2.34. The van der Waals surface area contributed by atoms with Gasteiger partial charge in [0.15, 0.2) is 16.4 Å². The van der Waals surface area contributed by atoms with Crippen molar-refractivity contribution in [1.82, 2.24) is 9.78 Å². The van der Waals surface area contributed by atoms with Crippen molar-refractivity contribution in [3.05, 3.63) is 29.0 Å². The van der Waals surface area contributed by atoms with Crippen LogP contribution in [0.1, 0.15) is 18.2 Å². The molecule has 0 bridgehead atoms. The van der Waals surface area contributed by atoms with Gasteiger partial charge in [-0.05, 0) is 25.5 Å². The number of fused-ring (bicyclic) bond motifs is 1. The molecule has 2 aromatic rings. The van der Waals surface area contributed by atoms with Gasteiger partial charge in [0.25, 0.3) is 10.0 Å². The second-order valence-corrected chi connectivity index (χ2v) is 8.14. The monoisotopic (exact) mass is 399 g/mol. The zero-order valence-corrected chi connectivity index (χ0v) is 15.6. The third-order valence-corrected chi connectivity index (χ3v) is 6.28. The summed E-state index contributed by atoms with van der Waals surface area (Å²) in [5, 5.41) is 4.37. The Hall–Kier alpha value is -1.97. The molecule has 140 valence electrons. The Balaban J connectivity index is 1.69. The second-order valence-electron chi connectivity index (χ2n) is 6.11. The number of sulfonamides is 1. The zero-order valence-electron chi connectivity index (χ0n) is 14.1. The molecule has 2 aliphatic heterocycles. The van der Waals surface area contributed by atoms with E-state index in [0.717, 1.165) is 6.42 Å². The van der Waals surface area contributed by atoms with Crippen molar-refractivity contribution in [2.75, 3.05) is 31.1 Å². The molecule has 1 fully saturated rings. The Morgan fingerprint density at radius 3 is 2.85 bits per heavy atom. The van der Waals surface area contributed by atoms with E-state index in [1.807, 2.05) is 6.92 Å². The summed E-state index contributed by atoms with van der Waals surface area (Å²) in [5.41, 5.74) is 1.10. The molecule has 0 saturated carbocycles. The van der Waals surface area contributed by atoms with Gasteiger partial charge in [-0.2, -0.15) is 5.10 Å². The molecule has 4 rings (SSSR count). The number of nitrogens with one attached hydrogen (secondary N) is 1. The molecule has 8 nitrogen and oxygen atoms in total. The summed E-state index contributed by atoms with van der Waals surface area (Å²) in [7, 11) is -3.99. The van der Waals surface area contributed by atoms with Crippen LogP contribution in [0.25, 0.3) is 0 Å². The summed E-state index contributed by atoms with van der Waals surface area (Å²) >= 11 is 6.17. The smallest absolute Gasteiger partial charge is 0.267 e. The number of aromatic nitrogens is 2. The van der Waals surface area contributed by atoms with Crippen LogP contribution in [0, 0.1) is 6.92 Å². The van der Waals surface area contributed by atoms with Gasteiger partial charge >= 0.3 is 0 Å². The van der Waals surface area contributed by atoms with Gasteiger partial charge in [0.05, 0.1) is 35.2 Å². The Bertz CT molecular complexity index is 938. The van der Waals surface area contributed by atoms with E-state index in [1.54, 1.807) is 10.7 Å². The van der Waals surface area contributed by atoms with E-state index in [0.29, 0.717) is 37.0 Å². The molecule has 1 unspecified atom stereocenters. The maximum Gasteiger partial charge on any atom is 0.267 e. The summed E-state index contributed by atoms with van der Waals surface area (Å²) in [6.45, 7) is 3.67. The maximum absolute atomic E-state index is 13.0. The topological polar surface area (TPSA) is 91.7 Å². The number of ether oxygens (including phenoxy) is 3. The van der Waals surface area contributed by atoms with Gasteiger partial charge < -0.3 is 14.2 Å². The van der Waals surface area contributed by atoms with Crippen LogP contribution in [-0.2, 0) is 14.8 Å². The highest BCUT2D eigenvalue weighted by Crippen LogP contribution is 2.41. The molecular formula is C16H18ClN3O5S. The third kappa shape index (κ3) is 3.00. The van der Waals surface area contributed by atoms with Crippen molar-refractivity contribution in [2.45, 2.75) is 24.3 Å². The van der Waals surface area contributed by atoms with Gasteiger partial charge in [-0.1, -0.05) is 11.6 Å². The quantitative estimate of drug-likeness (QED) is 0.848. The first-order valence-electron chi connectivity index (χ1n) is 8.20. The zero-order chi connectivity index (χ0) is 18.3. The number of hydrogen-bond acceptors (Lipinski definition) is 6. The van der Waals surface area contributed by atoms with Crippen LogP contribution in [0.15, 0.2) is 23.2 Å². The van der Waals surface area contributed by atoms with Crippen LogP contribution < -0.4 is 14.2 Å². The van der Waals surface area contributed by atoms with E-state index in [9.17, 15) is 8.42 Å². The molecule has 2 aliphatic rings. The lowest BCUT2D eigenvalue weighted by atomic mass is 10.2. The number of nitrogens with zero attached hydrogens (tertiary/aromatic N) is 2. The molecule has 3 heterocycles. The third-order valence-electron chi connectivity index (χ3n) is 4.42. The average molecular weight is 400 g/mol. The van der Waals surface area contributed by atoms with Gasteiger partial charge in [-0.15, -0.1) is 0 Å². The predicted molar refractivity (Wildman–Crippen MR) is 94.7 cm³/mol. The molecule has 1 aromatic carbocycles. The highest BCUT2D eigenvalue weighted by Gasteiger charge is 2.30. The first-order chi connectivity index (χ1) is 12.5. The van der Waals surface area contributed by atoms with Gasteiger partial charge in [0, 0.05) is 6.61 Å². The van der Waals surface area contributed by atoms with Crippen LogP contribution in [0.2, 0.25) is 5.02 Å². The fourth-order valence-electron chi connectivity index (χ4n) is 3.12. The molecule has 1 aromatic heterocycles. The number of rotatable bonds is 4. The summed E-state index contributed by atoms with van der Waals surface area (Å²) in [6, 6.07) is 3.19. The number of hydrogen-bond donors (Lipinski definition) is 1. The van der Waals surface area contributed by atoms with Gasteiger partial charge in [-0.25, -0.2) is 8.42 Å². The van der Waals surface area contributed by atoms with Gasteiger partial charge in [-0.3, -0.25) is 9.40 Å². The molecule has 26 heavy (non-hydrogen) atoms. The van der Waals surface area contributed by atoms with Crippen molar-refractivity contribution in [1.29, 1.82) is 0 Å². The molecule has 1 N–H and O–H groups in total. The normalized spacial score (nSPS) is 19.5. The van der Waals surface area contributed by atoms with Crippen molar-refractivity contribution >= 4 is 27.3 Å².